The summed E-state index contributed by atoms with van der Waals surface area (Å²) < 4.78 is 10.9. The number of rotatable bonds is 5. The SMILES string of the molecule is CCc1nc(N2C[C@H]3C[C@@H](Oc4cccc(C(=O)OC)c4)[C@H](O)C[C@H]3C2)ncc1C. The molecule has 2 fully saturated rings. The van der Waals surface area contributed by atoms with E-state index in [4.69, 9.17) is 14.5 Å². The van der Waals surface area contributed by atoms with Gasteiger partial charge in [0.2, 0.25) is 5.95 Å². The largest absolute Gasteiger partial charge is 0.488 e. The van der Waals surface area contributed by atoms with Crippen LogP contribution in [-0.2, 0) is 11.2 Å². The number of esters is 1. The van der Waals surface area contributed by atoms with E-state index in [1.54, 1.807) is 24.3 Å². The number of aliphatic hydroxyl groups excluding tert-OH is 1. The molecule has 2 heterocycles. The van der Waals surface area contributed by atoms with E-state index >= 15 is 0 Å². The number of aliphatic hydroxyl groups is 1. The van der Waals surface area contributed by atoms with Gasteiger partial charge >= 0.3 is 5.97 Å². The lowest BCUT2D eigenvalue weighted by Gasteiger charge is -2.35. The maximum atomic E-state index is 11.8. The van der Waals surface area contributed by atoms with Gasteiger partial charge in [0, 0.05) is 25.0 Å². The third-order valence-electron chi connectivity index (χ3n) is 6.31. The molecule has 1 N–H and O–H groups in total. The Morgan fingerprint density at radius 1 is 1.27 bits per heavy atom. The number of nitrogens with zero attached hydrogens (tertiary/aromatic N) is 3. The zero-order chi connectivity index (χ0) is 21.3. The van der Waals surface area contributed by atoms with Gasteiger partial charge in [-0.2, -0.15) is 0 Å². The first-order valence-electron chi connectivity index (χ1n) is 10.6. The number of anilines is 1. The van der Waals surface area contributed by atoms with Gasteiger partial charge in [0.15, 0.2) is 0 Å². The molecule has 0 spiro atoms. The van der Waals surface area contributed by atoms with E-state index in [1.165, 1.54) is 7.11 Å². The highest BCUT2D eigenvalue weighted by Crippen LogP contribution is 2.39. The molecule has 30 heavy (non-hydrogen) atoms. The van der Waals surface area contributed by atoms with E-state index in [-0.39, 0.29) is 6.10 Å². The van der Waals surface area contributed by atoms with Crippen LogP contribution < -0.4 is 9.64 Å². The summed E-state index contributed by atoms with van der Waals surface area (Å²) in [5, 5.41) is 10.7. The van der Waals surface area contributed by atoms with Crippen LogP contribution in [0.5, 0.6) is 5.75 Å². The third kappa shape index (κ3) is 4.12. The fraction of sp³-hybridized carbons (Fsp3) is 0.522. The number of fused-ring (bicyclic) bond motifs is 1. The Labute approximate surface area is 177 Å². The Bertz CT molecular complexity index is 919. The highest BCUT2D eigenvalue weighted by atomic mass is 16.5. The molecule has 2 aliphatic rings. The second-order valence-corrected chi connectivity index (χ2v) is 8.29. The molecule has 4 atom stereocenters. The van der Waals surface area contributed by atoms with E-state index in [0.29, 0.717) is 29.6 Å². The first-order valence-corrected chi connectivity index (χ1v) is 10.6. The highest BCUT2D eigenvalue weighted by Gasteiger charge is 2.43. The van der Waals surface area contributed by atoms with Crippen molar-refractivity contribution in [2.24, 2.45) is 11.8 Å². The van der Waals surface area contributed by atoms with Gasteiger partial charge in [0.1, 0.15) is 11.9 Å². The van der Waals surface area contributed by atoms with Gasteiger partial charge in [-0.1, -0.05) is 13.0 Å². The average Bonchev–Trinajstić information content (AvgIpc) is 3.16. The van der Waals surface area contributed by atoms with Gasteiger partial charge in [0.05, 0.1) is 18.8 Å². The quantitative estimate of drug-likeness (QED) is 0.757. The molecule has 4 rings (SSSR count). The Hall–Kier alpha value is -2.67. The molecule has 0 radical (unpaired) electrons. The molecule has 2 aromatic rings. The average molecular weight is 412 g/mol. The number of aromatic nitrogens is 2. The smallest absolute Gasteiger partial charge is 0.337 e. The Morgan fingerprint density at radius 2 is 2.03 bits per heavy atom. The Balaban J connectivity index is 1.44. The monoisotopic (exact) mass is 411 g/mol. The molecule has 1 aliphatic heterocycles. The molecule has 160 valence electrons. The van der Waals surface area contributed by atoms with Crippen molar-refractivity contribution in [1.29, 1.82) is 0 Å². The van der Waals surface area contributed by atoms with Gasteiger partial charge in [-0.3, -0.25) is 0 Å². The van der Waals surface area contributed by atoms with E-state index in [1.807, 2.05) is 13.1 Å². The van der Waals surface area contributed by atoms with Crippen LogP contribution in [0.4, 0.5) is 5.95 Å². The summed E-state index contributed by atoms with van der Waals surface area (Å²) in [5.74, 6) is 1.77. The predicted molar refractivity (Wildman–Crippen MR) is 113 cm³/mol. The second kappa shape index (κ2) is 8.60. The lowest BCUT2D eigenvalue weighted by molar-refractivity contribution is -0.0231. The number of hydrogen-bond acceptors (Lipinski definition) is 7. The molecule has 1 aromatic heterocycles. The van der Waals surface area contributed by atoms with E-state index < -0.39 is 12.1 Å². The maximum Gasteiger partial charge on any atom is 0.337 e. The number of benzene rings is 1. The fourth-order valence-corrected chi connectivity index (χ4v) is 4.65. The standard InChI is InChI=1S/C23H29N3O4/c1-4-19-14(2)11-24-23(25-19)26-12-16-9-20(27)21(10-17(16)13-26)30-18-7-5-6-15(8-18)22(28)29-3/h5-8,11,16-17,20-21,27H,4,9-10,12-13H2,1-3H3/t16-,17+,20+,21+/m0/s1. The van der Waals surface area contributed by atoms with Crippen molar-refractivity contribution in [2.45, 2.75) is 45.3 Å². The van der Waals surface area contributed by atoms with Crippen molar-refractivity contribution in [3.63, 3.8) is 0 Å². The minimum absolute atomic E-state index is 0.302. The zero-order valence-corrected chi connectivity index (χ0v) is 17.7. The number of ether oxygens (including phenoxy) is 2. The van der Waals surface area contributed by atoms with Crippen molar-refractivity contribution in [1.82, 2.24) is 9.97 Å². The predicted octanol–water partition coefficient (Wildman–Crippen LogP) is 2.79. The zero-order valence-electron chi connectivity index (χ0n) is 17.7. The summed E-state index contributed by atoms with van der Waals surface area (Å²) in [6.45, 7) is 5.88. The molecular weight excluding hydrogens is 382 g/mol. The molecule has 1 saturated carbocycles. The van der Waals surface area contributed by atoms with Crippen molar-refractivity contribution in [3.8, 4) is 5.75 Å². The van der Waals surface area contributed by atoms with Crippen LogP contribution in [0.1, 0.15) is 41.4 Å². The molecule has 1 aromatic carbocycles. The van der Waals surface area contributed by atoms with Crippen LogP contribution >= 0.6 is 0 Å². The lowest BCUT2D eigenvalue weighted by atomic mass is 9.78. The summed E-state index contributed by atoms with van der Waals surface area (Å²) in [7, 11) is 1.36. The van der Waals surface area contributed by atoms with Crippen molar-refractivity contribution >= 4 is 11.9 Å². The van der Waals surface area contributed by atoms with Crippen LogP contribution in [0.3, 0.4) is 0 Å². The number of hydrogen-bond donors (Lipinski definition) is 1. The number of carbonyl (C=O) groups excluding carboxylic acids is 1. The van der Waals surface area contributed by atoms with E-state index in [2.05, 4.69) is 16.8 Å². The van der Waals surface area contributed by atoms with E-state index in [0.717, 1.165) is 43.1 Å². The van der Waals surface area contributed by atoms with Gasteiger partial charge in [0.25, 0.3) is 0 Å². The second-order valence-electron chi connectivity index (χ2n) is 8.29. The molecule has 0 amide bonds. The van der Waals surface area contributed by atoms with Crippen LogP contribution in [0, 0.1) is 18.8 Å². The van der Waals surface area contributed by atoms with Gasteiger partial charge in [-0.05, 0) is 61.8 Å². The minimum atomic E-state index is -0.543. The molecule has 0 bridgehead atoms. The number of methoxy groups -OCH3 is 1. The summed E-state index contributed by atoms with van der Waals surface area (Å²) >= 11 is 0. The first kappa shape index (κ1) is 20.6. The van der Waals surface area contributed by atoms with Crippen molar-refractivity contribution in [2.75, 3.05) is 25.1 Å². The minimum Gasteiger partial charge on any atom is -0.488 e. The highest BCUT2D eigenvalue weighted by molar-refractivity contribution is 5.89. The van der Waals surface area contributed by atoms with Crippen LogP contribution in [0.15, 0.2) is 30.5 Å². The summed E-state index contributed by atoms with van der Waals surface area (Å²) in [4.78, 5) is 23.3. The molecule has 1 aliphatic carbocycles. The Morgan fingerprint density at radius 3 is 2.77 bits per heavy atom. The summed E-state index contributed by atoms with van der Waals surface area (Å²) in [6.07, 6.45) is 3.40. The van der Waals surface area contributed by atoms with Gasteiger partial charge in [-0.25, -0.2) is 14.8 Å². The summed E-state index contributed by atoms with van der Waals surface area (Å²) in [6, 6.07) is 6.92. The third-order valence-corrected chi connectivity index (χ3v) is 6.31. The normalized spacial score (nSPS) is 25.7. The maximum absolute atomic E-state index is 11.8. The van der Waals surface area contributed by atoms with Crippen LogP contribution in [-0.4, -0.2) is 53.5 Å². The van der Waals surface area contributed by atoms with Gasteiger partial charge in [-0.15, -0.1) is 0 Å². The molecule has 0 unspecified atom stereocenters. The van der Waals surface area contributed by atoms with E-state index in [9.17, 15) is 9.90 Å². The topological polar surface area (TPSA) is 84.8 Å². The van der Waals surface area contributed by atoms with Crippen LogP contribution in [0.25, 0.3) is 0 Å². The summed E-state index contributed by atoms with van der Waals surface area (Å²) in [5.41, 5.74) is 2.64. The number of aryl methyl sites for hydroxylation is 2. The molecule has 1 saturated heterocycles. The number of carbonyl (C=O) groups is 1. The van der Waals surface area contributed by atoms with Crippen LogP contribution in [0.2, 0.25) is 0 Å². The Kier molecular flexibility index (Phi) is 5.90. The molecule has 7 nitrogen and oxygen atoms in total. The van der Waals surface area contributed by atoms with Crippen molar-refractivity contribution in [3.05, 3.63) is 47.3 Å². The molecule has 7 heteroatoms. The van der Waals surface area contributed by atoms with Crippen molar-refractivity contribution < 1.29 is 19.4 Å². The first-order chi connectivity index (χ1) is 14.5. The fourth-order valence-electron chi connectivity index (χ4n) is 4.65. The van der Waals surface area contributed by atoms with Gasteiger partial charge < -0.3 is 19.5 Å². The lowest BCUT2D eigenvalue weighted by Crippen LogP contribution is -2.42. The molecular formula is C23H29N3O4.